The molecule has 142 valence electrons. The molecule has 3 aromatic heterocycles. The van der Waals surface area contributed by atoms with E-state index in [-0.39, 0.29) is 11.8 Å². The average Bonchev–Trinajstić information content (AvgIpc) is 2.76. The van der Waals surface area contributed by atoms with Gasteiger partial charge in [0, 0.05) is 43.8 Å². The summed E-state index contributed by atoms with van der Waals surface area (Å²) in [6.45, 7) is 3.45. The molecule has 4 rings (SSSR count). The van der Waals surface area contributed by atoms with Gasteiger partial charge in [-0.25, -0.2) is 19.9 Å². The Morgan fingerprint density at radius 2 is 2.04 bits per heavy atom. The quantitative estimate of drug-likeness (QED) is 0.754. The molecule has 7 nitrogen and oxygen atoms in total. The van der Waals surface area contributed by atoms with Crippen LogP contribution in [0.4, 0.5) is 11.6 Å². The number of amides is 1. The fraction of sp³-hybridized carbons (Fsp3) is 0.286. The van der Waals surface area contributed by atoms with Crippen molar-refractivity contribution in [3.8, 4) is 0 Å². The van der Waals surface area contributed by atoms with Crippen LogP contribution < -0.4 is 5.32 Å². The summed E-state index contributed by atoms with van der Waals surface area (Å²) in [6.07, 6.45) is 10.2. The van der Waals surface area contributed by atoms with Crippen LogP contribution in [0.3, 0.4) is 0 Å². The molecule has 1 saturated heterocycles. The molecule has 0 bridgehead atoms. The third-order valence-electron chi connectivity index (χ3n) is 5.03. The maximum Gasteiger partial charge on any atom is 0.257 e. The highest BCUT2D eigenvalue weighted by molar-refractivity contribution is 5.93. The standard InChI is InChI=1S/C21H22N6O/c1-15-4-2-7-25-20(15)26-19-10-16(6-8-24-19)17-5-3-9-27(13-17)21(28)18-11-22-14-23-12-18/h2,4,6-8,10-12,14,17H,3,5,9,13H2,1H3,(H,24,25,26)/t17-/m0/s1. The molecule has 1 N–H and O–H groups in total. The second-order valence-electron chi connectivity index (χ2n) is 6.99. The molecule has 0 spiro atoms. The highest BCUT2D eigenvalue weighted by atomic mass is 16.2. The summed E-state index contributed by atoms with van der Waals surface area (Å²) in [5.41, 5.74) is 2.77. The number of aromatic nitrogens is 4. The van der Waals surface area contributed by atoms with Crippen LogP contribution in [-0.2, 0) is 0 Å². The lowest BCUT2D eigenvalue weighted by molar-refractivity contribution is 0.0706. The van der Waals surface area contributed by atoms with E-state index < -0.39 is 0 Å². The Morgan fingerprint density at radius 1 is 1.18 bits per heavy atom. The van der Waals surface area contributed by atoms with E-state index in [0.29, 0.717) is 12.1 Å². The van der Waals surface area contributed by atoms with Crippen molar-refractivity contribution in [3.63, 3.8) is 0 Å². The first-order chi connectivity index (χ1) is 13.7. The van der Waals surface area contributed by atoms with Crippen LogP contribution in [0.5, 0.6) is 0 Å². The minimum Gasteiger partial charge on any atom is -0.338 e. The fourth-order valence-electron chi connectivity index (χ4n) is 3.53. The molecule has 1 aliphatic rings. The SMILES string of the molecule is Cc1cccnc1Nc1cc([C@H]2CCCN(C(=O)c3cncnc3)C2)ccn1. The van der Waals surface area contributed by atoms with Gasteiger partial charge in [0.05, 0.1) is 5.56 Å². The number of carbonyl (C=O) groups is 1. The number of nitrogens with zero attached hydrogens (tertiary/aromatic N) is 5. The maximum absolute atomic E-state index is 12.7. The second kappa shape index (κ2) is 8.12. The Hall–Kier alpha value is -3.35. The Bertz CT molecular complexity index is 962. The monoisotopic (exact) mass is 374 g/mol. The first-order valence-electron chi connectivity index (χ1n) is 9.39. The second-order valence-corrected chi connectivity index (χ2v) is 6.99. The molecule has 1 amide bonds. The van der Waals surface area contributed by atoms with Crippen molar-refractivity contribution in [2.24, 2.45) is 0 Å². The van der Waals surface area contributed by atoms with Crippen LogP contribution in [-0.4, -0.2) is 43.8 Å². The normalized spacial score (nSPS) is 16.6. The Labute approximate surface area is 163 Å². The summed E-state index contributed by atoms with van der Waals surface area (Å²) in [4.78, 5) is 31.3. The van der Waals surface area contributed by atoms with Crippen molar-refractivity contribution >= 4 is 17.5 Å². The van der Waals surface area contributed by atoms with Gasteiger partial charge < -0.3 is 10.2 Å². The van der Waals surface area contributed by atoms with Crippen LogP contribution >= 0.6 is 0 Å². The van der Waals surface area contributed by atoms with Crippen molar-refractivity contribution < 1.29 is 4.79 Å². The van der Waals surface area contributed by atoms with E-state index in [9.17, 15) is 4.79 Å². The Balaban J connectivity index is 1.49. The summed E-state index contributed by atoms with van der Waals surface area (Å²) in [7, 11) is 0. The predicted molar refractivity (Wildman–Crippen MR) is 106 cm³/mol. The number of hydrogen-bond acceptors (Lipinski definition) is 6. The number of rotatable bonds is 4. The minimum atomic E-state index is -0.0122. The lowest BCUT2D eigenvalue weighted by Gasteiger charge is -2.33. The third-order valence-corrected chi connectivity index (χ3v) is 5.03. The van der Waals surface area contributed by atoms with Gasteiger partial charge in [-0.15, -0.1) is 0 Å². The number of likely N-dealkylation sites (tertiary alicyclic amines) is 1. The molecule has 0 unspecified atom stereocenters. The Morgan fingerprint density at radius 3 is 2.86 bits per heavy atom. The summed E-state index contributed by atoms with van der Waals surface area (Å²) in [5.74, 6) is 1.83. The third kappa shape index (κ3) is 3.98. The van der Waals surface area contributed by atoms with Crippen molar-refractivity contribution in [2.75, 3.05) is 18.4 Å². The van der Waals surface area contributed by atoms with Gasteiger partial charge >= 0.3 is 0 Å². The fourth-order valence-corrected chi connectivity index (χ4v) is 3.53. The number of nitrogens with one attached hydrogen (secondary N) is 1. The summed E-state index contributed by atoms with van der Waals surface area (Å²) >= 11 is 0. The summed E-state index contributed by atoms with van der Waals surface area (Å²) in [6, 6.07) is 8.01. The van der Waals surface area contributed by atoms with Crippen LogP contribution in [0.2, 0.25) is 0 Å². The van der Waals surface area contributed by atoms with Gasteiger partial charge in [0.25, 0.3) is 5.91 Å². The van der Waals surface area contributed by atoms with E-state index in [0.717, 1.165) is 36.6 Å². The number of carbonyl (C=O) groups excluding carboxylic acids is 1. The molecule has 0 aromatic carbocycles. The Kier molecular flexibility index (Phi) is 5.23. The number of piperidine rings is 1. The molecule has 1 fully saturated rings. The lowest BCUT2D eigenvalue weighted by Crippen LogP contribution is -2.39. The molecular weight excluding hydrogens is 352 g/mol. The van der Waals surface area contributed by atoms with E-state index >= 15 is 0 Å². The molecule has 0 saturated carbocycles. The van der Waals surface area contributed by atoms with Crippen LogP contribution in [0.15, 0.2) is 55.4 Å². The van der Waals surface area contributed by atoms with Gasteiger partial charge in [-0.1, -0.05) is 6.07 Å². The zero-order valence-corrected chi connectivity index (χ0v) is 15.7. The van der Waals surface area contributed by atoms with Gasteiger partial charge in [-0.3, -0.25) is 4.79 Å². The summed E-state index contributed by atoms with van der Waals surface area (Å²) < 4.78 is 0. The molecule has 1 aliphatic heterocycles. The largest absolute Gasteiger partial charge is 0.338 e. The van der Waals surface area contributed by atoms with Gasteiger partial charge in [0.15, 0.2) is 0 Å². The molecule has 4 heterocycles. The highest BCUT2D eigenvalue weighted by Crippen LogP contribution is 2.29. The van der Waals surface area contributed by atoms with E-state index in [2.05, 4.69) is 31.3 Å². The molecule has 28 heavy (non-hydrogen) atoms. The number of aryl methyl sites for hydroxylation is 1. The van der Waals surface area contributed by atoms with E-state index in [1.165, 1.54) is 11.9 Å². The summed E-state index contributed by atoms with van der Waals surface area (Å²) in [5, 5.41) is 3.29. The van der Waals surface area contributed by atoms with Crippen molar-refractivity contribution in [2.45, 2.75) is 25.7 Å². The van der Waals surface area contributed by atoms with Gasteiger partial charge in [-0.05, 0) is 49.1 Å². The van der Waals surface area contributed by atoms with E-state index in [1.54, 1.807) is 18.6 Å². The topological polar surface area (TPSA) is 83.9 Å². The van der Waals surface area contributed by atoms with Crippen LogP contribution in [0.25, 0.3) is 0 Å². The molecular formula is C21H22N6O. The van der Waals surface area contributed by atoms with Crippen LogP contribution in [0, 0.1) is 6.92 Å². The average molecular weight is 374 g/mol. The number of hydrogen-bond donors (Lipinski definition) is 1. The smallest absolute Gasteiger partial charge is 0.257 e. The van der Waals surface area contributed by atoms with Gasteiger partial charge in [0.1, 0.15) is 18.0 Å². The highest BCUT2D eigenvalue weighted by Gasteiger charge is 2.26. The first-order valence-corrected chi connectivity index (χ1v) is 9.39. The lowest BCUT2D eigenvalue weighted by atomic mass is 9.91. The maximum atomic E-state index is 12.7. The van der Waals surface area contributed by atoms with Gasteiger partial charge in [-0.2, -0.15) is 0 Å². The molecule has 0 aliphatic carbocycles. The van der Waals surface area contributed by atoms with E-state index in [4.69, 9.17) is 0 Å². The van der Waals surface area contributed by atoms with Crippen molar-refractivity contribution in [1.29, 1.82) is 0 Å². The number of anilines is 2. The number of pyridine rings is 2. The van der Waals surface area contributed by atoms with Crippen molar-refractivity contribution in [3.05, 3.63) is 72.1 Å². The van der Waals surface area contributed by atoms with E-state index in [1.807, 2.05) is 36.2 Å². The molecule has 0 radical (unpaired) electrons. The molecule has 1 atom stereocenters. The minimum absolute atomic E-state index is 0.0122. The zero-order chi connectivity index (χ0) is 19.3. The van der Waals surface area contributed by atoms with Crippen molar-refractivity contribution in [1.82, 2.24) is 24.8 Å². The zero-order valence-electron chi connectivity index (χ0n) is 15.7. The van der Waals surface area contributed by atoms with Gasteiger partial charge in [0.2, 0.25) is 0 Å². The molecule has 3 aromatic rings. The van der Waals surface area contributed by atoms with Crippen LogP contribution in [0.1, 0.15) is 40.2 Å². The first kappa shape index (κ1) is 18.0. The molecule has 7 heteroatoms. The predicted octanol–water partition coefficient (Wildman–Crippen LogP) is 3.34.